The predicted octanol–water partition coefficient (Wildman–Crippen LogP) is 2.41. The van der Waals surface area contributed by atoms with Crippen LogP contribution in [0.2, 0.25) is 0 Å². The third-order valence-corrected chi connectivity index (χ3v) is 3.34. The maximum atomic E-state index is 11.6. The van der Waals surface area contributed by atoms with Gasteiger partial charge in [-0.1, -0.05) is 0 Å². The van der Waals surface area contributed by atoms with Gasteiger partial charge < -0.3 is 9.64 Å². The standard InChI is InChI=1S/C14H18N2O4/c1-9-7-15(8-10(2)20-9)12-4-5-14(16(18)19)13(6-12)11(3)17/h4-6,9-10H,7-8H2,1-3H3. The van der Waals surface area contributed by atoms with E-state index in [-0.39, 0.29) is 29.2 Å². The van der Waals surface area contributed by atoms with Crippen LogP contribution >= 0.6 is 0 Å². The largest absolute Gasteiger partial charge is 0.372 e. The number of hydrogen-bond acceptors (Lipinski definition) is 5. The highest BCUT2D eigenvalue weighted by Gasteiger charge is 2.25. The average Bonchev–Trinajstić information content (AvgIpc) is 2.36. The van der Waals surface area contributed by atoms with Crippen molar-refractivity contribution in [2.75, 3.05) is 18.0 Å². The van der Waals surface area contributed by atoms with Crippen LogP contribution in [0.3, 0.4) is 0 Å². The number of morpholine rings is 1. The van der Waals surface area contributed by atoms with Crippen molar-refractivity contribution in [2.45, 2.75) is 33.0 Å². The first-order valence-electron chi connectivity index (χ1n) is 6.58. The summed E-state index contributed by atoms with van der Waals surface area (Å²) in [5.74, 6) is -0.298. The molecule has 1 saturated heterocycles. The summed E-state index contributed by atoms with van der Waals surface area (Å²) in [5.41, 5.74) is 0.831. The first-order valence-corrected chi connectivity index (χ1v) is 6.58. The summed E-state index contributed by atoms with van der Waals surface area (Å²) in [6.07, 6.45) is 0.185. The lowest BCUT2D eigenvalue weighted by Crippen LogP contribution is -2.45. The highest BCUT2D eigenvalue weighted by atomic mass is 16.6. The lowest BCUT2D eigenvalue weighted by atomic mass is 10.1. The monoisotopic (exact) mass is 278 g/mol. The number of ketones is 1. The molecule has 0 amide bonds. The van der Waals surface area contributed by atoms with Crippen LogP contribution in [0, 0.1) is 10.1 Å². The average molecular weight is 278 g/mol. The van der Waals surface area contributed by atoms with Crippen LogP contribution in [-0.4, -0.2) is 36.0 Å². The summed E-state index contributed by atoms with van der Waals surface area (Å²) in [5, 5.41) is 10.9. The number of nitrogens with zero attached hydrogens (tertiary/aromatic N) is 2. The number of ether oxygens (including phenoxy) is 1. The quantitative estimate of drug-likeness (QED) is 0.482. The lowest BCUT2D eigenvalue weighted by Gasteiger charge is -2.36. The number of carbonyl (C=O) groups is 1. The topological polar surface area (TPSA) is 72.7 Å². The molecule has 1 aliphatic heterocycles. The molecule has 0 bridgehead atoms. The van der Waals surface area contributed by atoms with E-state index in [2.05, 4.69) is 4.90 Å². The highest BCUT2D eigenvalue weighted by Crippen LogP contribution is 2.27. The number of carbonyl (C=O) groups excluding carboxylic acids is 1. The van der Waals surface area contributed by atoms with Gasteiger partial charge in [0, 0.05) is 24.8 Å². The Morgan fingerprint density at radius 2 is 1.95 bits per heavy atom. The van der Waals surface area contributed by atoms with E-state index in [9.17, 15) is 14.9 Å². The second-order valence-electron chi connectivity index (χ2n) is 5.18. The van der Waals surface area contributed by atoms with Crippen molar-refractivity contribution in [2.24, 2.45) is 0 Å². The fraction of sp³-hybridized carbons (Fsp3) is 0.500. The zero-order valence-electron chi connectivity index (χ0n) is 11.8. The van der Waals surface area contributed by atoms with Gasteiger partial charge >= 0.3 is 0 Å². The van der Waals surface area contributed by atoms with E-state index in [1.807, 2.05) is 13.8 Å². The summed E-state index contributed by atoms with van der Waals surface area (Å²) in [7, 11) is 0. The molecule has 20 heavy (non-hydrogen) atoms. The van der Waals surface area contributed by atoms with E-state index < -0.39 is 4.92 Å². The van der Waals surface area contributed by atoms with Gasteiger partial charge in [-0.3, -0.25) is 14.9 Å². The smallest absolute Gasteiger partial charge is 0.280 e. The minimum absolute atomic E-state index is 0.0923. The summed E-state index contributed by atoms with van der Waals surface area (Å²) in [4.78, 5) is 24.1. The molecule has 6 nitrogen and oxygen atoms in total. The highest BCUT2D eigenvalue weighted by molar-refractivity contribution is 5.99. The Balaban J connectivity index is 2.36. The van der Waals surface area contributed by atoms with Crippen molar-refractivity contribution >= 4 is 17.2 Å². The second kappa shape index (κ2) is 5.58. The predicted molar refractivity (Wildman–Crippen MR) is 75.3 cm³/mol. The second-order valence-corrected chi connectivity index (χ2v) is 5.18. The number of nitro groups is 1. The maximum Gasteiger partial charge on any atom is 0.280 e. The summed E-state index contributed by atoms with van der Waals surface area (Å²) < 4.78 is 5.66. The van der Waals surface area contributed by atoms with Gasteiger partial charge in [0.1, 0.15) is 0 Å². The fourth-order valence-electron chi connectivity index (χ4n) is 2.55. The van der Waals surface area contributed by atoms with Gasteiger partial charge in [0.15, 0.2) is 5.78 Å². The Labute approximate surface area is 117 Å². The number of Topliss-reactive ketones (excluding diaryl/α,β-unsaturated/α-hetero) is 1. The minimum atomic E-state index is -0.523. The number of anilines is 1. The normalized spacial score (nSPS) is 22.6. The minimum Gasteiger partial charge on any atom is -0.372 e. The number of nitro benzene ring substituents is 1. The Morgan fingerprint density at radius 1 is 1.35 bits per heavy atom. The molecule has 1 fully saturated rings. The molecule has 1 aromatic carbocycles. The van der Waals surface area contributed by atoms with Crippen molar-refractivity contribution in [1.29, 1.82) is 0 Å². The van der Waals surface area contributed by atoms with Crippen molar-refractivity contribution in [3.05, 3.63) is 33.9 Å². The van der Waals surface area contributed by atoms with Crippen LogP contribution in [0.5, 0.6) is 0 Å². The van der Waals surface area contributed by atoms with Gasteiger partial charge in [-0.2, -0.15) is 0 Å². The molecule has 1 aliphatic rings. The first-order chi connectivity index (χ1) is 9.38. The zero-order valence-corrected chi connectivity index (χ0v) is 11.8. The SMILES string of the molecule is CC(=O)c1cc(N2CC(C)OC(C)C2)ccc1[N+](=O)[O-]. The van der Waals surface area contributed by atoms with E-state index in [1.165, 1.54) is 13.0 Å². The molecule has 2 unspecified atom stereocenters. The summed E-state index contributed by atoms with van der Waals surface area (Å²) >= 11 is 0. The van der Waals surface area contributed by atoms with Gasteiger partial charge in [-0.15, -0.1) is 0 Å². The van der Waals surface area contributed by atoms with Gasteiger partial charge in [0.05, 0.1) is 22.7 Å². The molecule has 108 valence electrons. The molecule has 2 atom stereocenters. The first kappa shape index (κ1) is 14.5. The Morgan fingerprint density at radius 3 is 2.45 bits per heavy atom. The van der Waals surface area contributed by atoms with E-state index in [0.717, 1.165) is 5.69 Å². The molecule has 6 heteroatoms. The molecule has 0 spiro atoms. The van der Waals surface area contributed by atoms with Crippen LogP contribution < -0.4 is 4.90 Å². The van der Waals surface area contributed by atoms with E-state index in [0.29, 0.717) is 13.1 Å². The Hall–Kier alpha value is -1.95. The van der Waals surface area contributed by atoms with E-state index in [4.69, 9.17) is 4.74 Å². The lowest BCUT2D eigenvalue weighted by molar-refractivity contribution is -0.385. The molecular formula is C14H18N2O4. The van der Waals surface area contributed by atoms with Gasteiger partial charge in [-0.05, 0) is 32.9 Å². The van der Waals surface area contributed by atoms with Crippen molar-refractivity contribution < 1.29 is 14.5 Å². The molecule has 0 radical (unpaired) electrons. The Kier molecular flexibility index (Phi) is 4.04. The number of benzene rings is 1. The van der Waals surface area contributed by atoms with Crippen LogP contribution in [0.4, 0.5) is 11.4 Å². The maximum absolute atomic E-state index is 11.6. The van der Waals surface area contributed by atoms with Crippen LogP contribution in [0.1, 0.15) is 31.1 Å². The van der Waals surface area contributed by atoms with Crippen molar-refractivity contribution in [3.8, 4) is 0 Å². The van der Waals surface area contributed by atoms with Crippen LogP contribution in [0.15, 0.2) is 18.2 Å². The third-order valence-electron chi connectivity index (χ3n) is 3.34. The van der Waals surface area contributed by atoms with Gasteiger partial charge in [0.2, 0.25) is 0 Å². The van der Waals surface area contributed by atoms with E-state index in [1.54, 1.807) is 12.1 Å². The molecule has 1 heterocycles. The summed E-state index contributed by atoms with van der Waals surface area (Å²) in [6.45, 7) is 6.73. The molecule has 2 rings (SSSR count). The van der Waals surface area contributed by atoms with Crippen molar-refractivity contribution in [1.82, 2.24) is 0 Å². The third kappa shape index (κ3) is 2.96. The molecule has 0 aromatic heterocycles. The molecular weight excluding hydrogens is 260 g/mol. The molecule has 1 aromatic rings. The van der Waals surface area contributed by atoms with Gasteiger partial charge in [-0.25, -0.2) is 0 Å². The van der Waals surface area contributed by atoms with Crippen LogP contribution in [0.25, 0.3) is 0 Å². The molecule has 0 N–H and O–H groups in total. The van der Waals surface area contributed by atoms with Crippen molar-refractivity contribution in [3.63, 3.8) is 0 Å². The fourth-order valence-corrected chi connectivity index (χ4v) is 2.55. The Bertz CT molecular complexity index is 534. The molecule has 0 aliphatic carbocycles. The molecule has 0 saturated carbocycles. The van der Waals surface area contributed by atoms with Crippen LogP contribution in [-0.2, 0) is 4.74 Å². The number of hydrogen-bond donors (Lipinski definition) is 0. The van der Waals surface area contributed by atoms with E-state index >= 15 is 0 Å². The summed E-state index contributed by atoms with van der Waals surface area (Å²) in [6, 6.07) is 4.69. The zero-order chi connectivity index (χ0) is 14.9. The number of rotatable bonds is 3. The van der Waals surface area contributed by atoms with Gasteiger partial charge in [0.25, 0.3) is 5.69 Å².